The Labute approximate surface area is 153 Å². The highest BCUT2D eigenvalue weighted by atomic mass is 35.5. The van der Waals surface area contributed by atoms with Gasteiger partial charge in [0.05, 0.1) is 24.0 Å². The Kier molecular flexibility index (Phi) is 5.76. The minimum atomic E-state index is -3.85. The number of rotatable bonds is 5. The van der Waals surface area contributed by atoms with E-state index in [-0.39, 0.29) is 16.5 Å². The molecule has 2 aromatic rings. The second-order valence-corrected chi connectivity index (χ2v) is 7.46. The van der Waals surface area contributed by atoms with Gasteiger partial charge in [-0.3, -0.25) is 4.79 Å². The van der Waals surface area contributed by atoms with Crippen LogP contribution in [0.3, 0.4) is 0 Å². The molecule has 0 saturated carbocycles. The lowest BCUT2D eigenvalue weighted by atomic mass is 10.2. The molecule has 0 aromatic heterocycles. The maximum Gasteiger partial charge on any atom is 0.267 e. The van der Waals surface area contributed by atoms with Crippen LogP contribution >= 0.6 is 23.2 Å². The second-order valence-electron chi connectivity index (χ2n) is 4.86. The number of carbonyl (C=O) groups is 1. The molecule has 2 rings (SSSR count). The minimum absolute atomic E-state index is 0.101. The van der Waals surface area contributed by atoms with Crippen LogP contribution in [0.2, 0.25) is 10.0 Å². The molecule has 2 aromatic carbocycles. The Morgan fingerprint density at radius 2 is 1.80 bits per heavy atom. The molecule has 1 amide bonds. The topological polar surface area (TPSA) is 81.7 Å². The lowest BCUT2D eigenvalue weighted by Gasteiger charge is -2.13. The van der Waals surface area contributed by atoms with Crippen molar-refractivity contribution in [3.8, 4) is 17.2 Å². The smallest absolute Gasteiger partial charge is 0.267 e. The quantitative estimate of drug-likeness (QED) is 0.818. The summed E-state index contributed by atoms with van der Waals surface area (Å²) in [5, 5.41) is 0.249. The molecular formula is C15H12Cl2FNO5S. The fourth-order valence-electron chi connectivity index (χ4n) is 1.85. The summed E-state index contributed by atoms with van der Waals surface area (Å²) in [5.41, 5.74) is -0.541. The van der Waals surface area contributed by atoms with Crippen LogP contribution in [-0.2, 0) is 10.0 Å². The SMILES string of the molecule is COc1ccc(Cl)cc1Oc1cc(F)c(C(=O)NS(C)(=O)=O)cc1Cl. The number of carbonyl (C=O) groups excluding carboxylic acids is 1. The van der Waals surface area contributed by atoms with Gasteiger partial charge in [-0.2, -0.15) is 0 Å². The van der Waals surface area contributed by atoms with Crippen LogP contribution in [0.4, 0.5) is 4.39 Å². The molecule has 0 fully saturated rings. The summed E-state index contributed by atoms with van der Waals surface area (Å²) in [5.74, 6) is -1.74. The van der Waals surface area contributed by atoms with Crippen molar-refractivity contribution in [2.24, 2.45) is 0 Å². The fourth-order valence-corrected chi connectivity index (χ4v) is 2.66. The number of amides is 1. The number of nitrogens with one attached hydrogen (secondary N) is 1. The summed E-state index contributed by atoms with van der Waals surface area (Å²) in [6.07, 6.45) is 0.771. The summed E-state index contributed by atoms with van der Waals surface area (Å²) >= 11 is 11.9. The summed E-state index contributed by atoms with van der Waals surface area (Å²) < 4.78 is 48.6. The Morgan fingerprint density at radius 3 is 2.40 bits per heavy atom. The maximum atomic E-state index is 14.2. The summed E-state index contributed by atoms with van der Waals surface area (Å²) in [4.78, 5) is 11.8. The number of methoxy groups -OCH3 is 1. The van der Waals surface area contributed by atoms with E-state index in [1.165, 1.54) is 13.2 Å². The third-order valence-corrected chi connectivity index (χ3v) is 3.98. The zero-order valence-electron chi connectivity index (χ0n) is 13.0. The van der Waals surface area contributed by atoms with Crippen molar-refractivity contribution >= 4 is 39.1 Å². The van der Waals surface area contributed by atoms with Gasteiger partial charge in [0.25, 0.3) is 5.91 Å². The number of halogens is 3. The number of ether oxygens (including phenoxy) is 2. The molecule has 134 valence electrons. The zero-order chi connectivity index (χ0) is 18.8. The minimum Gasteiger partial charge on any atom is -0.493 e. The predicted molar refractivity (Wildman–Crippen MR) is 91.8 cm³/mol. The number of hydrogen-bond donors (Lipinski definition) is 1. The molecule has 0 saturated heterocycles. The molecule has 0 radical (unpaired) electrons. The molecular weight excluding hydrogens is 396 g/mol. The third-order valence-electron chi connectivity index (χ3n) is 2.89. The summed E-state index contributed by atoms with van der Waals surface area (Å²) in [6.45, 7) is 0. The van der Waals surface area contributed by atoms with Crippen molar-refractivity contribution < 1.29 is 27.1 Å². The maximum absolute atomic E-state index is 14.2. The molecule has 0 aliphatic carbocycles. The largest absolute Gasteiger partial charge is 0.493 e. The number of benzene rings is 2. The molecule has 0 bridgehead atoms. The Balaban J connectivity index is 2.38. The first kappa shape index (κ1) is 19.3. The summed E-state index contributed by atoms with van der Waals surface area (Å²) in [6, 6.07) is 6.40. The Bertz CT molecular complexity index is 934. The summed E-state index contributed by atoms with van der Waals surface area (Å²) in [7, 11) is -2.43. The van der Waals surface area contributed by atoms with Gasteiger partial charge >= 0.3 is 0 Å². The fraction of sp³-hybridized carbons (Fsp3) is 0.133. The van der Waals surface area contributed by atoms with E-state index < -0.39 is 27.3 Å². The molecule has 0 atom stereocenters. The van der Waals surface area contributed by atoms with Crippen molar-refractivity contribution in [3.05, 3.63) is 51.8 Å². The lowest BCUT2D eigenvalue weighted by molar-refractivity contribution is 0.0977. The molecule has 0 aliphatic rings. The van der Waals surface area contributed by atoms with Gasteiger partial charge in [0.2, 0.25) is 10.0 Å². The van der Waals surface area contributed by atoms with Gasteiger partial charge in [-0.15, -0.1) is 0 Å². The van der Waals surface area contributed by atoms with E-state index in [2.05, 4.69) is 0 Å². The van der Waals surface area contributed by atoms with Gasteiger partial charge in [0, 0.05) is 17.2 Å². The molecule has 10 heteroatoms. The Morgan fingerprint density at radius 1 is 1.12 bits per heavy atom. The number of hydrogen-bond acceptors (Lipinski definition) is 5. The van der Waals surface area contributed by atoms with E-state index in [9.17, 15) is 17.6 Å². The average molecular weight is 408 g/mol. The van der Waals surface area contributed by atoms with Crippen LogP contribution in [0, 0.1) is 5.82 Å². The van der Waals surface area contributed by atoms with Crippen molar-refractivity contribution in [3.63, 3.8) is 0 Å². The Hall–Kier alpha value is -2.03. The highest BCUT2D eigenvalue weighted by Crippen LogP contribution is 2.37. The van der Waals surface area contributed by atoms with Gasteiger partial charge in [-0.25, -0.2) is 17.5 Å². The van der Waals surface area contributed by atoms with Gasteiger partial charge in [-0.1, -0.05) is 23.2 Å². The van der Waals surface area contributed by atoms with Gasteiger partial charge in [-0.05, 0) is 18.2 Å². The van der Waals surface area contributed by atoms with Crippen LogP contribution in [0.25, 0.3) is 0 Å². The standard InChI is InChI=1S/C15H12Cl2FNO5S/c1-23-12-4-3-8(16)5-14(12)24-13-7-11(18)9(6-10(13)17)15(20)19-25(2,21)22/h3-7H,1-2H3,(H,19,20). The van der Waals surface area contributed by atoms with E-state index in [4.69, 9.17) is 32.7 Å². The van der Waals surface area contributed by atoms with Crippen LogP contribution in [0.1, 0.15) is 10.4 Å². The predicted octanol–water partition coefficient (Wildman–Crippen LogP) is 3.62. The van der Waals surface area contributed by atoms with E-state index in [1.807, 2.05) is 0 Å². The molecule has 0 heterocycles. The van der Waals surface area contributed by atoms with Crippen LogP contribution in [0.5, 0.6) is 17.2 Å². The molecule has 1 N–H and O–H groups in total. The lowest BCUT2D eigenvalue weighted by Crippen LogP contribution is -2.30. The van der Waals surface area contributed by atoms with Gasteiger partial charge in [0.15, 0.2) is 11.5 Å². The van der Waals surface area contributed by atoms with Gasteiger partial charge in [0.1, 0.15) is 11.6 Å². The van der Waals surface area contributed by atoms with E-state index in [0.29, 0.717) is 10.8 Å². The van der Waals surface area contributed by atoms with Crippen LogP contribution in [-0.4, -0.2) is 27.7 Å². The first-order valence-electron chi connectivity index (χ1n) is 6.63. The average Bonchev–Trinajstić information content (AvgIpc) is 2.49. The van der Waals surface area contributed by atoms with Crippen molar-refractivity contribution in [2.75, 3.05) is 13.4 Å². The van der Waals surface area contributed by atoms with E-state index in [1.54, 1.807) is 16.9 Å². The molecule has 0 aliphatic heterocycles. The second kappa shape index (κ2) is 7.47. The van der Waals surface area contributed by atoms with E-state index >= 15 is 0 Å². The first-order chi connectivity index (χ1) is 11.6. The highest BCUT2D eigenvalue weighted by molar-refractivity contribution is 7.89. The third kappa shape index (κ3) is 4.97. The molecule has 25 heavy (non-hydrogen) atoms. The van der Waals surface area contributed by atoms with Crippen molar-refractivity contribution in [2.45, 2.75) is 0 Å². The van der Waals surface area contributed by atoms with Crippen LogP contribution in [0.15, 0.2) is 30.3 Å². The number of sulfonamides is 1. The molecule has 6 nitrogen and oxygen atoms in total. The van der Waals surface area contributed by atoms with E-state index in [0.717, 1.165) is 18.4 Å². The zero-order valence-corrected chi connectivity index (χ0v) is 15.3. The monoisotopic (exact) mass is 407 g/mol. The van der Waals surface area contributed by atoms with Crippen LogP contribution < -0.4 is 14.2 Å². The first-order valence-corrected chi connectivity index (χ1v) is 9.28. The normalized spacial score (nSPS) is 11.1. The molecule has 0 spiro atoms. The van der Waals surface area contributed by atoms with Crippen molar-refractivity contribution in [1.82, 2.24) is 4.72 Å². The molecule has 0 unspecified atom stereocenters. The van der Waals surface area contributed by atoms with Crippen molar-refractivity contribution in [1.29, 1.82) is 0 Å². The highest BCUT2D eigenvalue weighted by Gasteiger charge is 2.19. The van der Waals surface area contributed by atoms with Gasteiger partial charge < -0.3 is 9.47 Å².